The van der Waals surface area contributed by atoms with Crippen LogP contribution < -0.4 is 5.73 Å². The van der Waals surface area contributed by atoms with Crippen molar-refractivity contribution in [2.24, 2.45) is 5.73 Å². The van der Waals surface area contributed by atoms with Crippen LogP contribution in [0.1, 0.15) is 4.88 Å². The molecule has 0 fully saturated rings. The first-order valence-electron chi connectivity index (χ1n) is 5.17. The SMILES string of the molecule is COCC(N)C(=O)N(C)CCc1cccs1. The number of likely N-dealkylation sites (N-methyl/N-ethyl adjacent to an activating group) is 1. The second-order valence-electron chi connectivity index (χ2n) is 3.65. The van der Waals surface area contributed by atoms with Crippen molar-refractivity contribution >= 4 is 17.2 Å². The second kappa shape index (κ2) is 6.62. The smallest absolute Gasteiger partial charge is 0.241 e. The molecule has 0 aliphatic carbocycles. The number of methoxy groups -OCH3 is 1. The molecular weight excluding hydrogens is 224 g/mol. The van der Waals surface area contributed by atoms with Gasteiger partial charge in [-0.2, -0.15) is 0 Å². The average molecular weight is 242 g/mol. The summed E-state index contributed by atoms with van der Waals surface area (Å²) in [5.41, 5.74) is 5.66. The predicted octanol–water partition coefficient (Wildman–Crippen LogP) is 0.723. The van der Waals surface area contributed by atoms with Gasteiger partial charge in [-0.1, -0.05) is 6.07 Å². The van der Waals surface area contributed by atoms with Crippen molar-refractivity contribution in [3.05, 3.63) is 22.4 Å². The third-order valence-electron chi connectivity index (χ3n) is 2.31. The highest BCUT2D eigenvalue weighted by molar-refractivity contribution is 7.09. The lowest BCUT2D eigenvalue weighted by molar-refractivity contribution is -0.132. The molecule has 1 aromatic rings. The van der Waals surface area contributed by atoms with Gasteiger partial charge < -0.3 is 15.4 Å². The molecule has 0 aromatic carbocycles. The van der Waals surface area contributed by atoms with Gasteiger partial charge >= 0.3 is 0 Å². The Hall–Kier alpha value is -0.910. The Labute approximate surface area is 100 Å². The minimum absolute atomic E-state index is 0.0709. The van der Waals surface area contributed by atoms with Crippen LogP contribution in [0.25, 0.3) is 0 Å². The fraction of sp³-hybridized carbons (Fsp3) is 0.545. The monoisotopic (exact) mass is 242 g/mol. The van der Waals surface area contributed by atoms with E-state index >= 15 is 0 Å². The number of hydrogen-bond donors (Lipinski definition) is 1. The molecule has 0 saturated heterocycles. The van der Waals surface area contributed by atoms with Crippen molar-refractivity contribution in [1.82, 2.24) is 4.90 Å². The molecule has 5 heteroatoms. The molecule has 0 aliphatic heterocycles. The first kappa shape index (κ1) is 13.2. The first-order valence-corrected chi connectivity index (χ1v) is 6.05. The lowest BCUT2D eigenvalue weighted by Crippen LogP contribution is -2.44. The summed E-state index contributed by atoms with van der Waals surface area (Å²) in [6.07, 6.45) is 0.875. The molecule has 1 aromatic heterocycles. The fourth-order valence-electron chi connectivity index (χ4n) is 1.38. The molecule has 1 heterocycles. The number of nitrogens with zero attached hydrogens (tertiary/aromatic N) is 1. The fourth-order valence-corrected chi connectivity index (χ4v) is 2.08. The van der Waals surface area contributed by atoms with E-state index in [1.165, 1.54) is 4.88 Å². The molecule has 0 spiro atoms. The van der Waals surface area contributed by atoms with E-state index in [-0.39, 0.29) is 12.5 Å². The van der Waals surface area contributed by atoms with Gasteiger partial charge in [0.05, 0.1) is 6.61 Å². The van der Waals surface area contributed by atoms with Crippen molar-refractivity contribution in [2.45, 2.75) is 12.5 Å². The van der Waals surface area contributed by atoms with E-state index in [1.807, 2.05) is 11.4 Å². The van der Waals surface area contributed by atoms with Crippen molar-refractivity contribution in [3.8, 4) is 0 Å². The van der Waals surface area contributed by atoms with Crippen LogP contribution in [-0.2, 0) is 16.0 Å². The van der Waals surface area contributed by atoms with Crippen LogP contribution in [0.2, 0.25) is 0 Å². The maximum Gasteiger partial charge on any atom is 0.241 e. The number of rotatable bonds is 6. The van der Waals surface area contributed by atoms with Gasteiger partial charge in [0.1, 0.15) is 6.04 Å². The van der Waals surface area contributed by atoms with Crippen molar-refractivity contribution in [1.29, 1.82) is 0 Å². The third kappa shape index (κ3) is 3.92. The molecule has 0 radical (unpaired) electrons. The summed E-state index contributed by atoms with van der Waals surface area (Å²) in [4.78, 5) is 14.7. The Morgan fingerprint density at radius 2 is 2.44 bits per heavy atom. The van der Waals surface area contributed by atoms with Crippen LogP contribution in [0.4, 0.5) is 0 Å². The first-order chi connectivity index (χ1) is 7.65. The van der Waals surface area contributed by atoms with E-state index in [1.54, 1.807) is 30.4 Å². The number of carbonyl (C=O) groups excluding carboxylic acids is 1. The summed E-state index contributed by atoms with van der Waals surface area (Å²) in [7, 11) is 3.31. The molecule has 90 valence electrons. The van der Waals surface area contributed by atoms with E-state index in [0.717, 1.165) is 6.42 Å². The highest BCUT2D eigenvalue weighted by Crippen LogP contribution is 2.09. The van der Waals surface area contributed by atoms with Gasteiger partial charge in [0.2, 0.25) is 5.91 Å². The Morgan fingerprint density at radius 3 is 3.00 bits per heavy atom. The number of hydrogen-bond acceptors (Lipinski definition) is 4. The Kier molecular flexibility index (Phi) is 5.45. The molecule has 1 unspecified atom stereocenters. The van der Waals surface area contributed by atoms with Crippen molar-refractivity contribution in [2.75, 3.05) is 27.3 Å². The predicted molar refractivity (Wildman–Crippen MR) is 65.5 cm³/mol. The molecule has 1 amide bonds. The van der Waals surface area contributed by atoms with E-state index in [2.05, 4.69) is 6.07 Å². The molecule has 0 bridgehead atoms. The molecule has 0 saturated carbocycles. The Morgan fingerprint density at radius 1 is 1.69 bits per heavy atom. The van der Waals surface area contributed by atoms with Gasteiger partial charge in [-0.25, -0.2) is 0 Å². The second-order valence-corrected chi connectivity index (χ2v) is 4.68. The van der Waals surface area contributed by atoms with Gasteiger partial charge in [0.15, 0.2) is 0 Å². The van der Waals surface area contributed by atoms with Crippen LogP contribution in [-0.4, -0.2) is 44.2 Å². The van der Waals surface area contributed by atoms with Gasteiger partial charge in [-0.15, -0.1) is 11.3 Å². The van der Waals surface area contributed by atoms with Crippen LogP contribution in [0, 0.1) is 0 Å². The minimum Gasteiger partial charge on any atom is -0.383 e. The quantitative estimate of drug-likeness (QED) is 0.800. The van der Waals surface area contributed by atoms with Crippen molar-refractivity contribution < 1.29 is 9.53 Å². The number of amides is 1. The Balaban J connectivity index is 2.34. The third-order valence-corrected chi connectivity index (χ3v) is 3.25. The molecule has 4 nitrogen and oxygen atoms in total. The van der Waals surface area contributed by atoms with Crippen LogP contribution in [0.15, 0.2) is 17.5 Å². The molecule has 1 rings (SSSR count). The summed E-state index contributed by atoms with van der Waals surface area (Å²) in [5.74, 6) is -0.0709. The highest BCUT2D eigenvalue weighted by atomic mass is 32.1. The molecule has 0 aliphatic rings. The van der Waals surface area contributed by atoms with Crippen LogP contribution >= 0.6 is 11.3 Å². The average Bonchev–Trinajstić information content (AvgIpc) is 2.78. The zero-order chi connectivity index (χ0) is 12.0. The van der Waals surface area contributed by atoms with E-state index < -0.39 is 6.04 Å². The van der Waals surface area contributed by atoms with E-state index in [0.29, 0.717) is 6.54 Å². The zero-order valence-corrected chi connectivity index (χ0v) is 10.5. The maximum absolute atomic E-state index is 11.7. The summed E-state index contributed by atoms with van der Waals surface area (Å²) in [6.45, 7) is 0.957. The number of thiophene rings is 1. The number of carbonyl (C=O) groups is 1. The van der Waals surface area contributed by atoms with E-state index in [4.69, 9.17) is 10.5 Å². The molecule has 2 N–H and O–H groups in total. The maximum atomic E-state index is 11.7. The summed E-state index contributed by atoms with van der Waals surface area (Å²) in [6, 6.07) is 3.52. The Bertz CT molecular complexity index is 314. The van der Waals surface area contributed by atoms with Gasteiger partial charge in [-0.3, -0.25) is 4.79 Å². The van der Waals surface area contributed by atoms with Crippen molar-refractivity contribution in [3.63, 3.8) is 0 Å². The summed E-state index contributed by atoms with van der Waals surface area (Å²) in [5, 5.41) is 2.04. The van der Waals surface area contributed by atoms with Gasteiger partial charge in [0, 0.05) is 25.6 Å². The van der Waals surface area contributed by atoms with Crippen LogP contribution in [0.3, 0.4) is 0 Å². The largest absolute Gasteiger partial charge is 0.383 e. The topological polar surface area (TPSA) is 55.6 Å². The molecule has 16 heavy (non-hydrogen) atoms. The molecular formula is C11H18N2O2S. The lowest BCUT2D eigenvalue weighted by atomic mass is 10.2. The summed E-state index contributed by atoms with van der Waals surface area (Å²) < 4.78 is 4.85. The highest BCUT2D eigenvalue weighted by Gasteiger charge is 2.17. The normalized spacial score (nSPS) is 12.4. The molecule has 1 atom stereocenters. The van der Waals surface area contributed by atoms with Gasteiger partial charge in [-0.05, 0) is 17.9 Å². The van der Waals surface area contributed by atoms with E-state index in [9.17, 15) is 4.79 Å². The van der Waals surface area contributed by atoms with Gasteiger partial charge in [0.25, 0.3) is 0 Å². The number of ether oxygens (including phenoxy) is 1. The van der Waals surface area contributed by atoms with Crippen LogP contribution in [0.5, 0.6) is 0 Å². The zero-order valence-electron chi connectivity index (χ0n) is 9.68. The lowest BCUT2D eigenvalue weighted by Gasteiger charge is -2.20. The minimum atomic E-state index is -0.557. The summed E-state index contributed by atoms with van der Waals surface area (Å²) >= 11 is 1.70. The standard InChI is InChI=1S/C11H18N2O2S/c1-13(11(14)10(12)8-15-2)6-5-9-4-3-7-16-9/h3-4,7,10H,5-6,8,12H2,1-2H3. The number of nitrogens with two attached hydrogens (primary N) is 1.